The third-order valence-electron chi connectivity index (χ3n) is 21.2. The molecule has 0 N–H and O–H groups in total. The number of ether oxygens (including phenoxy) is 2. The molecule has 4 heterocycles. The van der Waals surface area contributed by atoms with E-state index in [4.69, 9.17) is 9.47 Å². The summed E-state index contributed by atoms with van der Waals surface area (Å²) in [6, 6.07) is 4.52. The summed E-state index contributed by atoms with van der Waals surface area (Å²) in [5.74, 6) is 13.0. The molecule has 2 aromatic heterocycles. The molecule has 20 atom stereocenters. The molecule has 5 nitrogen and oxygen atoms in total. The minimum absolute atomic E-state index is 0.00444. The van der Waals surface area contributed by atoms with Gasteiger partial charge in [-0.2, -0.15) is 0 Å². The second kappa shape index (κ2) is 9.97. The zero-order chi connectivity index (χ0) is 37.0. The monoisotopic (exact) mass is 782 g/mol. The van der Waals surface area contributed by atoms with Gasteiger partial charge in [-0.3, -0.25) is 9.59 Å². The highest BCUT2D eigenvalue weighted by Crippen LogP contribution is 2.81. The maximum absolute atomic E-state index is 13.4. The van der Waals surface area contributed by atoms with Gasteiger partial charge >= 0.3 is 17.9 Å². The Morgan fingerprint density at radius 1 is 0.554 bits per heavy atom. The molecule has 0 aromatic carbocycles. The molecule has 2 spiro atoms. The van der Waals surface area contributed by atoms with Gasteiger partial charge < -0.3 is 9.47 Å². The Kier molecular flexibility index (Phi) is 5.72. The first-order valence-corrected chi connectivity index (χ1v) is 24.2. The number of esters is 3. The topological polar surface area (TPSA) is 69.7 Å². The summed E-state index contributed by atoms with van der Waals surface area (Å²) in [5, 5.41) is 4.48. The van der Waals surface area contributed by atoms with Crippen molar-refractivity contribution in [3.05, 3.63) is 67.3 Å². The summed E-state index contributed by atoms with van der Waals surface area (Å²) in [5.41, 5.74) is 6.64. The summed E-state index contributed by atoms with van der Waals surface area (Å²) in [6.07, 6.45) is 13.9. The summed E-state index contributed by atoms with van der Waals surface area (Å²) < 4.78 is 11.1. The molecule has 2 aromatic rings. The van der Waals surface area contributed by atoms with Gasteiger partial charge in [-0.25, -0.2) is 4.79 Å². The molecule has 288 valence electrons. The third kappa shape index (κ3) is 3.19. The molecule has 0 amide bonds. The van der Waals surface area contributed by atoms with Crippen LogP contribution in [0.4, 0.5) is 0 Å². The Balaban J connectivity index is 0.000000109. The Bertz CT molecular complexity index is 2150. The van der Waals surface area contributed by atoms with Crippen molar-refractivity contribution in [3.8, 4) is 0 Å². The predicted molar refractivity (Wildman–Crippen MR) is 213 cm³/mol. The fourth-order valence-corrected chi connectivity index (χ4v) is 23.3. The minimum Gasteiger partial charge on any atom is -0.426 e. The lowest BCUT2D eigenvalue weighted by Crippen LogP contribution is -2.72. The average molecular weight is 783 g/mol. The van der Waals surface area contributed by atoms with Crippen LogP contribution in [0, 0.1) is 107 Å². The van der Waals surface area contributed by atoms with E-state index in [0.717, 1.165) is 82.2 Å². The Hall–Kier alpha value is -2.77. The van der Waals surface area contributed by atoms with Gasteiger partial charge in [0, 0.05) is 26.2 Å². The van der Waals surface area contributed by atoms with Crippen LogP contribution in [0.3, 0.4) is 0 Å². The van der Waals surface area contributed by atoms with E-state index in [1.54, 1.807) is 4.88 Å². The fraction of sp³-hybridized carbons (Fsp3) is 0.653. The van der Waals surface area contributed by atoms with Gasteiger partial charge in [0.1, 0.15) is 11.7 Å². The summed E-state index contributed by atoms with van der Waals surface area (Å²) >= 11 is 3.80. The van der Waals surface area contributed by atoms with Crippen molar-refractivity contribution in [2.45, 2.75) is 88.9 Å². The van der Waals surface area contributed by atoms with Crippen LogP contribution in [-0.4, -0.2) is 17.9 Å². The van der Waals surface area contributed by atoms with Crippen LogP contribution in [0.15, 0.2) is 46.4 Å². The van der Waals surface area contributed by atoms with Crippen molar-refractivity contribution in [1.29, 1.82) is 0 Å². The highest BCUT2D eigenvalue weighted by atomic mass is 32.1. The van der Waals surface area contributed by atoms with Crippen molar-refractivity contribution in [3.63, 3.8) is 0 Å². The molecule has 14 saturated carbocycles. The van der Waals surface area contributed by atoms with Crippen molar-refractivity contribution >= 4 is 51.7 Å². The maximum Gasteiger partial charge on any atom is 0.342 e. The van der Waals surface area contributed by atoms with Gasteiger partial charge in [-0.15, -0.1) is 22.7 Å². The molecule has 0 radical (unpaired) electrons. The zero-order valence-corrected chi connectivity index (χ0v) is 34.0. The van der Waals surface area contributed by atoms with E-state index in [-0.39, 0.29) is 40.6 Å². The van der Waals surface area contributed by atoms with E-state index >= 15 is 0 Å². The molecular formula is C49H50O5S2. The van der Waals surface area contributed by atoms with Crippen LogP contribution in [0.25, 0.3) is 11.1 Å². The minimum atomic E-state index is -0.356. The normalized spacial score (nSPS) is 54.0. The van der Waals surface area contributed by atoms with Crippen LogP contribution in [0.2, 0.25) is 0 Å². The molecule has 16 bridgehead atoms. The number of carbonyl (C=O) groups excluding carboxylic acids is 3. The summed E-state index contributed by atoms with van der Waals surface area (Å²) in [7, 11) is 0. The molecule has 12 unspecified atom stereocenters. The van der Waals surface area contributed by atoms with E-state index in [2.05, 4.69) is 36.4 Å². The number of hydrogen-bond donors (Lipinski definition) is 0. The largest absolute Gasteiger partial charge is 0.426 e. The third-order valence-corrected chi connectivity index (χ3v) is 23.4. The van der Waals surface area contributed by atoms with Crippen molar-refractivity contribution in [1.82, 2.24) is 0 Å². The van der Waals surface area contributed by atoms with Crippen LogP contribution in [-0.2, 0) is 34.7 Å². The molecule has 2 saturated heterocycles. The molecule has 7 heteroatoms. The van der Waals surface area contributed by atoms with Gasteiger partial charge in [-0.1, -0.05) is 6.58 Å². The smallest absolute Gasteiger partial charge is 0.342 e. The van der Waals surface area contributed by atoms with Gasteiger partial charge in [0.15, 0.2) is 0 Å². The second-order valence-electron chi connectivity index (χ2n) is 21.9. The predicted octanol–water partition coefficient (Wildman–Crippen LogP) is 9.83. The van der Waals surface area contributed by atoms with Gasteiger partial charge in [0.2, 0.25) is 0 Å². The molecule has 18 aliphatic rings. The molecular weight excluding hydrogens is 733 g/mol. The number of cyclic esters (lactones) is 3. The summed E-state index contributed by atoms with van der Waals surface area (Å²) in [4.78, 5) is 42.4. The number of carbonyl (C=O) groups is 3. The number of rotatable bonds is 0. The van der Waals surface area contributed by atoms with Gasteiger partial charge in [0.05, 0.1) is 11.5 Å². The Labute approximate surface area is 336 Å². The first-order chi connectivity index (χ1) is 27.2. The van der Waals surface area contributed by atoms with E-state index in [9.17, 15) is 14.4 Å². The molecule has 16 fully saturated rings. The first-order valence-electron chi connectivity index (χ1n) is 22.5. The number of hydrogen-bond acceptors (Lipinski definition) is 7. The lowest BCUT2D eigenvalue weighted by Gasteiger charge is -2.76. The first kappa shape index (κ1) is 32.1. The van der Waals surface area contributed by atoms with E-state index < -0.39 is 0 Å². The van der Waals surface area contributed by atoms with E-state index in [1.165, 1.54) is 85.8 Å². The lowest BCUT2D eigenvalue weighted by atomic mass is 9.28. The highest BCUT2D eigenvalue weighted by molar-refractivity contribution is 7.10. The van der Waals surface area contributed by atoms with Gasteiger partial charge in [0.25, 0.3) is 0 Å². The standard InChI is InChI=1S/C25H26O2S.C24H24O3S/c1-10-14-3-4-28-23(14)25(22-20(10)11(2)27-24(22)26)13-8-16-15-5-12-6-18(16)21(25)19(7-12)17(15)9-13;1-9-12-2-3-28-21(12)24(20-18(9)22(25)27-23(20)26)11-7-14-13-4-10-5-16(14)19(24)17(6-10)15(13)8-11/h3-4,12-13,15-19,21-22H,2,5-9H2,1H3;2-3,10-11,13-17,19-20H,4-8H2,1H3/t12?,13?,15?,16-,17+,18?,19?,21?,22-,25+;10?,11?,13?,14-,15?,16+,17?,19?,20+,24+/m10/s1. The molecule has 16 aliphatic carbocycles. The number of thiophene rings is 2. The van der Waals surface area contributed by atoms with Crippen LogP contribution in [0.5, 0.6) is 0 Å². The maximum atomic E-state index is 13.4. The Morgan fingerprint density at radius 2 is 0.946 bits per heavy atom. The fourth-order valence-electron chi connectivity index (χ4n) is 20.7. The zero-order valence-electron chi connectivity index (χ0n) is 32.3. The van der Waals surface area contributed by atoms with Crippen molar-refractivity contribution in [2.24, 2.45) is 107 Å². The highest BCUT2D eigenvalue weighted by Gasteiger charge is 2.78. The Morgan fingerprint density at radius 3 is 1.43 bits per heavy atom. The average Bonchev–Trinajstić information content (AvgIpc) is 4.00. The van der Waals surface area contributed by atoms with Crippen molar-refractivity contribution in [2.75, 3.05) is 0 Å². The molecule has 20 rings (SSSR count). The molecule has 56 heavy (non-hydrogen) atoms. The van der Waals surface area contributed by atoms with Crippen LogP contribution >= 0.6 is 22.7 Å². The summed E-state index contributed by atoms with van der Waals surface area (Å²) in [6.45, 7) is 8.41. The second-order valence-corrected chi connectivity index (χ2v) is 23.7. The lowest BCUT2D eigenvalue weighted by molar-refractivity contribution is -0.248. The number of fused-ring (bicyclic) bond motifs is 4. The van der Waals surface area contributed by atoms with E-state index in [1.807, 2.05) is 29.6 Å². The van der Waals surface area contributed by atoms with Crippen molar-refractivity contribution < 1.29 is 23.9 Å². The van der Waals surface area contributed by atoms with Crippen LogP contribution in [0.1, 0.15) is 98.9 Å². The SMILES string of the molecule is C=C1OC(=O)[C@H]2C1=C(C)c1ccsc1[C@]21C2C[C@@H]3C4CC5CC(C41)[C@H](C2)C3C5.CC1=C2C(=O)OC(=O)[C@@H]2[C@@]2(c3sccc31)C1CC3C4CC5CC3[C@H](C1)[C@@H](C5)C42. The van der Waals surface area contributed by atoms with E-state index in [0.29, 0.717) is 35.0 Å². The number of allylic oxidation sites excluding steroid dienone is 3. The van der Waals surface area contributed by atoms with Crippen LogP contribution < -0.4 is 0 Å². The molecule has 2 aliphatic heterocycles. The quantitative estimate of drug-likeness (QED) is 0.197. The van der Waals surface area contributed by atoms with Gasteiger partial charge in [-0.05, 0) is 218 Å².